The number of carboxylic acid groups (broad SMARTS) is 1. The average Bonchev–Trinajstić information content (AvgIpc) is 2.89. The number of hydrogen-bond donors (Lipinski definition) is 1. The van der Waals surface area contributed by atoms with Gasteiger partial charge in [-0.05, 0) is 11.4 Å². The van der Waals surface area contributed by atoms with Crippen molar-refractivity contribution >= 4 is 34.6 Å². The Kier molecular flexibility index (Phi) is 4.21. The molecule has 104 valence electrons. The van der Waals surface area contributed by atoms with Crippen LogP contribution in [-0.2, 0) is 6.61 Å². The Morgan fingerprint density at radius 2 is 2.25 bits per heavy atom. The molecule has 0 amide bonds. The standard InChI is InChI=1S/C12H8ClNO5S/c13-10-5-7(14(17)18)4-9(12(15)16)11(10)19-6-8-2-1-3-20-8/h1-5H,6H2,(H,15,16). The van der Waals surface area contributed by atoms with Gasteiger partial charge in [0.2, 0.25) is 0 Å². The summed E-state index contributed by atoms with van der Waals surface area (Å²) in [5, 5.41) is 21.5. The van der Waals surface area contributed by atoms with Crippen molar-refractivity contribution in [3.05, 3.63) is 55.2 Å². The molecule has 1 aromatic heterocycles. The van der Waals surface area contributed by atoms with Crippen molar-refractivity contribution < 1.29 is 19.6 Å². The number of benzene rings is 1. The molecular formula is C12H8ClNO5S. The smallest absolute Gasteiger partial charge is 0.339 e. The Morgan fingerprint density at radius 3 is 2.80 bits per heavy atom. The van der Waals surface area contributed by atoms with Gasteiger partial charge in [-0.15, -0.1) is 11.3 Å². The third kappa shape index (κ3) is 3.06. The van der Waals surface area contributed by atoms with Gasteiger partial charge in [-0.3, -0.25) is 10.1 Å². The van der Waals surface area contributed by atoms with E-state index >= 15 is 0 Å². The molecule has 0 aliphatic carbocycles. The monoisotopic (exact) mass is 313 g/mol. The highest BCUT2D eigenvalue weighted by Crippen LogP contribution is 2.34. The fraction of sp³-hybridized carbons (Fsp3) is 0.0833. The van der Waals surface area contributed by atoms with Gasteiger partial charge in [0, 0.05) is 17.0 Å². The summed E-state index contributed by atoms with van der Waals surface area (Å²) >= 11 is 7.32. The van der Waals surface area contributed by atoms with Crippen LogP contribution in [0.25, 0.3) is 0 Å². The van der Waals surface area contributed by atoms with Crippen LogP contribution < -0.4 is 4.74 Å². The van der Waals surface area contributed by atoms with E-state index in [0.29, 0.717) is 0 Å². The molecule has 20 heavy (non-hydrogen) atoms. The second-order valence-corrected chi connectivity index (χ2v) is 5.17. The van der Waals surface area contributed by atoms with Crippen LogP contribution in [0, 0.1) is 10.1 Å². The summed E-state index contributed by atoms with van der Waals surface area (Å²) in [5.41, 5.74) is -0.725. The van der Waals surface area contributed by atoms with E-state index < -0.39 is 16.6 Å². The molecule has 2 aromatic rings. The molecule has 0 bridgehead atoms. The average molecular weight is 314 g/mol. The fourth-order valence-corrected chi connectivity index (χ4v) is 2.41. The van der Waals surface area contributed by atoms with Gasteiger partial charge in [-0.25, -0.2) is 4.79 Å². The number of nitro benzene ring substituents is 1. The Labute approximate surface area is 122 Å². The molecule has 2 rings (SSSR count). The van der Waals surface area contributed by atoms with Crippen molar-refractivity contribution in [2.45, 2.75) is 6.61 Å². The molecule has 0 fully saturated rings. The number of nitrogens with zero attached hydrogens (tertiary/aromatic N) is 1. The quantitative estimate of drug-likeness (QED) is 0.673. The van der Waals surface area contributed by atoms with E-state index in [1.165, 1.54) is 11.3 Å². The predicted octanol–water partition coefficient (Wildman–Crippen LogP) is 3.59. The molecule has 1 aromatic carbocycles. The van der Waals surface area contributed by atoms with E-state index in [2.05, 4.69) is 0 Å². The number of carboxylic acids is 1. The third-order valence-corrected chi connectivity index (χ3v) is 3.54. The largest absolute Gasteiger partial charge is 0.486 e. The highest BCUT2D eigenvalue weighted by Gasteiger charge is 2.21. The van der Waals surface area contributed by atoms with Crippen LogP contribution in [0.5, 0.6) is 5.75 Å². The van der Waals surface area contributed by atoms with Crippen molar-refractivity contribution in [1.29, 1.82) is 0 Å². The summed E-state index contributed by atoms with van der Waals surface area (Å²) in [6.07, 6.45) is 0. The number of hydrogen-bond acceptors (Lipinski definition) is 5. The summed E-state index contributed by atoms with van der Waals surface area (Å²) in [5.74, 6) is -1.41. The molecule has 0 atom stereocenters. The van der Waals surface area contributed by atoms with Gasteiger partial charge in [0.15, 0.2) is 5.75 Å². The second kappa shape index (κ2) is 5.89. The van der Waals surface area contributed by atoms with Crippen LogP contribution in [-0.4, -0.2) is 16.0 Å². The molecule has 8 heteroatoms. The van der Waals surface area contributed by atoms with Crippen LogP contribution >= 0.6 is 22.9 Å². The lowest BCUT2D eigenvalue weighted by molar-refractivity contribution is -0.384. The topological polar surface area (TPSA) is 89.7 Å². The number of carbonyl (C=O) groups is 1. The highest BCUT2D eigenvalue weighted by atomic mass is 35.5. The summed E-state index contributed by atoms with van der Waals surface area (Å²) in [6.45, 7) is 0.148. The van der Waals surface area contributed by atoms with Crippen LogP contribution in [0.15, 0.2) is 29.6 Å². The van der Waals surface area contributed by atoms with E-state index in [-0.39, 0.29) is 22.9 Å². The maximum absolute atomic E-state index is 11.2. The molecule has 0 saturated carbocycles. The molecule has 0 spiro atoms. The van der Waals surface area contributed by atoms with Gasteiger partial charge in [-0.2, -0.15) is 0 Å². The maximum atomic E-state index is 11.2. The molecule has 0 saturated heterocycles. The first kappa shape index (κ1) is 14.3. The minimum Gasteiger partial charge on any atom is -0.486 e. The summed E-state index contributed by atoms with van der Waals surface area (Å²) in [6, 6.07) is 5.65. The molecule has 0 unspecified atom stereocenters. The number of ether oxygens (including phenoxy) is 1. The van der Waals surface area contributed by atoms with Crippen molar-refractivity contribution in [2.24, 2.45) is 0 Å². The molecular weight excluding hydrogens is 306 g/mol. The van der Waals surface area contributed by atoms with Crippen LogP contribution in [0.1, 0.15) is 15.2 Å². The zero-order valence-electron chi connectivity index (χ0n) is 9.91. The Hall–Kier alpha value is -2.12. The first-order valence-electron chi connectivity index (χ1n) is 5.35. The normalized spacial score (nSPS) is 10.2. The highest BCUT2D eigenvalue weighted by molar-refractivity contribution is 7.09. The van der Waals surface area contributed by atoms with Gasteiger partial charge >= 0.3 is 5.97 Å². The van der Waals surface area contributed by atoms with Crippen molar-refractivity contribution in [1.82, 2.24) is 0 Å². The van der Waals surface area contributed by atoms with Gasteiger partial charge in [-0.1, -0.05) is 17.7 Å². The number of thiophene rings is 1. The lowest BCUT2D eigenvalue weighted by atomic mass is 10.2. The second-order valence-electron chi connectivity index (χ2n) is 3.73. The number of aromatic carboxylic acids is 1. The fourth-order valence-electron chi connectivity index (χ4n) is 1.53. The number of non-ortho nitro benzene ring substituents is 1. The minimum absolute atomic E-state index is 0.0711. The zero-order chi connectivity index (χ0) is 14.7. The minimum atomic E-state index is -1.34. The Bertz CT molecular complexity index is 656. The molecule has 0 aliphatic rings. The number of rotatable bonds is 5. The zero-order valence-corrected chi connectivity index (χ0v) is 11.5. The maximum Gasteiger partial charge on any atom is 0.339 e. The summed E-state index contributed by atoms with van der Waals surface area (Å²) < 4.78 is 5.38. The molecule has 1 heterocycles. The SMILES string of the molecule is O=C(O)c1cc([N+](=O)[O-])cc(Cl)c1OCc1cccs1. The molecule has 0 aliphatic heterocycles. The van der Waals surface area contributed by atoms with E-state index in [4.69, 9.17) is 21.4 Å². The first-order valence-corrected chi connectivity index (χ1v) is 6.61. The lowest BCUT2D eigenvalue weighted by Crippen LogP contribution is -2.05. The van der Waals surface area contributed by atoms with Gasteiger partial charge in [0.1, 0.15) is 12.2 Å². The summed E-state index contributed by atoms with van der Waals surface area (Å²) in [4.78, 5) is 22.0. The van der Waals surface area contributed by atoms with Gasteiger partial charge < -0.3 is 9.84 Å². The van der Waals surface area contributed by atoms with Gasteiger partial charge in [0.25, 0.3) is 5.69 Å². The van der Waals surface area contributed by atoms with Crippen LogP contribution in [0.2, 0.25) is 5.02 Å². The Balaban J connectivity index is 2.35. The molecule has 0 radical (unpaired) electrons. The van der Waals surface area contributed by atoms with Crippen molar-refractivity contribution in [3.8, 4) is 5.75 Å². The van der Waals surface area contributed by atoms with E-state index in [9.17, 15) is 14.9 Å². The first-order chi connectivity index (χ1) is 9.49. The predicted molar refractivity (Wildman–Crippen MR) is 73.7 cm³/mol. The third-order valence-electron chi connectivity index (χ3n) is 2.41. The van der Waals surface area contributed by atoms with Crippen molar-refractivity contribution in [2.75, 3.05) is 0 Å². The van der Waals surface area contributed by atoms with Crippen LogP contribution in [0.3, 0.4) is 0 Å². The van der Waals surface area contributed by atoms with E-state index in [1.54, 1.807) is 0 Å². The van der Waals surface area contributed by atoms with Crippen LogP contribution in [0.4, 0.5) is 5.69 Å². The Morgan fingerprint density at radius 1 is 1.50 bits per heavy atom. The summed E-state index contributed by atoms with van der Waals surface area (Å²) in [7, 11) is 0. The molecule has 1 N–H and O–H groups in total. The van der Waals surface area contributed by atoms with Crippen molar-refractivity contribution in [3.63, 3.8) is 0 Å². The number of halogens is 1. The number of nitro groups is 1. The van der Waals surface area contributed by atoms with Gasteiger partial charge in [0.05, 0.1) is 9.95 Å². The van der Waals surface area contributed by atoms with E-state index in [0.717, 1.165) is 17.0 Å². The lowest BCUT2D eigenvalue weighted by Gasteiger charge is -2.10. The van der Waals surface area contributed by atoms with E-state index in [1.807, 2.05) is 17.5 Å². The molecule has 6 nitrogen and oxygen atoms in total.